The summed E-state index contributed by atoms with van der Waals surface area (Å²) in [6.07, 6.45) is 0.105. The molecule has 6 heteroatoms. The summed E-state index contributed by atoms with van der Waals surface area (Å²) in [5.74, 6) is -0.959. The second-order valence-corrected chi connectivity index (χ2v) is 4.44. The molecule has 0 amide bonds. The average molecular weight is 264 g/mol. The molecule has 0 aliphatic rings. The maximum absolute atomic E-state index is 11.6. The lowest BCUT2D eigenvalue weighted by molar-refractivity contribution is -0.139. The summed E-state index contributed by atoms with van der Waals surface area (Å²) in [6.45, 7) is 0. The van der Waals surface area contributed by atoms with Gasteiger partial charge >= 0.3 is 11.7 Å². The number of ether oxygens (including phenoxy) is 1. The van der Waals surface area contributed by atoms with Crippen LogP contribution in [0.4, 0.5) is 0 Å². The summed E-state index contributed by atoms with van der Waals surface area (Å²) in [6, 6.07) is 9.56. The third-order valence-electron chi connectivity index (χ3n) is 2.08. The van der Waals surface area contributed by atoms with E-state index < -0.39 is 17.5 Å². The van der Waals surface area contributed by atoms with Crippen molar-refractivity contribution in [2.75, 3.05) is 12.9 Å². The smallest absolute Gasteiger partial charge is 0.441 e. The lowest BCUT2D eigenvalue weighted by Crippen LogP contribution is -2.26. The normalized spacial score (nSPS) is 9.39. The number of carbonyl (C=O) groups excluding carboxylic acids is 2. The summed E-state index contributed by atoms with van der Waals surface area (Å²) in [5.41, 5.74) is 8.01. The molecule has 0 fully saturated rings. The predicted molar refractivity (Wildman–Crippen MR) is 67.4 cm³/mol. The van der Waals surface area contributed by atoms with Crippen LogP contribution < -0.4 is 0 Å². The lowest BCUT2D eigenvalue weighted by Gasteiger charge is -1.99. The van der Waals surface area contributed by atoms with Crippen LogP contribution in [0, 0.1) is 0 Å². The quantitative estimate of drug-likeness (QED) is 0.195. The van der Waals surface area contributed by atoms with Crippen LogP contribution in [0.15, 0.2) is 35.2 Å². The number of carbonyl (C=O) groups is 2. The Hall–Kier alpha value is -1.91. The van der Waals surface area contributed by atoms with E-state index in [1.807, 2.05) is 30.3 Å². The number of hydrogen-bond donors (Lipinski definition) is 0. The fraction of sp³-hybridized carbons (Fsp3) is 0.250. The Morgan fingerprint density at radius 1 is 1.33 bits per heavy atom. The Labute approximate surface area is 109 Å². The number of ketones is 1. The average Bonchev–Trinajstić information content (AvgIpc) is 2.40. The second kappa shape index (κ2) is 7.42. The number of hydrogen-bond acceptors (Lipinski definition) is 4. The van der Waals surface area contributed by atoms with Crippen molar-refractivity contribution in [1.29, 1.82) is 0 Å². The Balaban J connectivity index is 2.47. The fourth-order valence-electron chi connectivity index (χ4n) is 1.20. The van der Waals surface area contributed by atoms with E-state index in [1.54, 1.807) is 0 Å². The molecule has 1 rings (SSSR count). The molecule has 0 bridgehead atoms. The molecule has 5 nitrogen and oxygen atoms in total. The van der Waals surface area contributed by atoms with Crippen LogP contribution >= 0.6 is 11.8 Å². The molecule has 0 aromatic heterocycles. The van der Waals surface area contributed by atoms with Gasteiger partial charge in [-0.05, 0) is 12.1 Å². The molecule has 94 valence electrons. The van der Waals surface area contributed by atoms with Gasteiger partial charge in [0.1, 0.15) is 0 Å². The van der Waals surface area contributed by atoms with Gasteiger partial charge in [-0.25, -0.2) is 4.79 Å². The molecule has 0 aliphatic heterocycles. The molecule has 1 aromatic carbocycles. The van der Waals surface area contributed by atoms with Crippen LogP contribution in [-0.4, -0.2) is 35.1 Å². The second-order valence-electron chi connectivity index (χ2n) is 3.27. The largest absolute Gasteiger partial charge is 0.460 e. The highest BCUT2D eigenvalue weighted by Gasteiger charge is 2.29. The topological polar surface area (TPSA) is 79.8 Å². The first-order valence-electron chi connectivity index (χ1n) is 5.20. The SMILES string of the molecule is COC(=O)C(=[N+]=[N-])C(=O)CCSc1ccccc1. The highest BCUT2D eigenvalue weighted by atomic mass is 32.2. The van der Waals surface area contributed by atoms with Gasteiger partial charge in [0.25, 0.3) is 5.78 Å². The van der Waals surface area contributed by atoms with Crippen molar-refractivity contribution in [2.24, 2.45) is 0 Å². The number of benzene rings is 1. The number of rotatable bonds is 6. The molecule has 0 radical (unpaired) electrons. The van der Waals surface area contributed by atoms with Crippen LogP contribution in [0.5, 0.6) is 0 Å². The van der Waals surface area contributed by atoms with Gasteiger partial charge in [0, 0.05) is 17.1 Å². The molecule has 0 saturated heterocycles. The Morgan fingerprint density at radius 3 is 2.56 bits per heavy atom. The molecular weight excluding hydrogens is 252 g/mol. The molecule has 0 N–H and O–H groups in total. The molecular formula is C12H12N2O3S. The maximum Gasteiger partial charge on any atom is 0.441 e. The van der Waals surface area contributed by atoms with Crippen molar-refractivity contribution in [3.05, 3.63) is 35.9 Å². The van der Waals surface area contributed by atoms with E-state index in [0.29, 0.717) is 5.75 Å². The zero-order valence-corrected chi connectivity index (χ0v) is 10.6. The van der Waals surface area contributed by atoms with Crippen LogP contribution in [-0.2, 0) is 14.3 Å². The van der Waals surface area contributed by atoms with Gasteiger partial charge < -0.3 is 10.3 Å². The van der Waals surface area contributed by atoms with Gasteiger partial charge in [-0.15, -0.1) is 11.8 Å². The number of thioether (sulfide) groups is 1. The third-order valence-corrected chi connectivity index (χ3v) is 3.10. The summed E-state index contributed by atoms with van der Waals surface area (Å²) >= 11 is 1.49. The highest BCUT2D eigenvalue weighted by molar-refractivity contribution is 7.99. The molecule has 1 aromatic rings. The predicted octanol–water partition coefficient (Wildman–Crippen LogP) is 1.58. The summed E-state index contributed by atoms with van der Waals surface area (Å²) in [7, 11) is 1.12. The van der Waals surface area contributed by atoms with Crippen LogP contribution in [0.3, 0.4) is 0 Å². The first-order valence-corrected chi connectivity index (χ1v) is 6.19. The van der Waals surface area contributed by atoms with Gasteiger partial charge in [-0.2, -0.15) is 4.79 Å². The number of methoxy groups -OCH3 is 1. The van der Waals surface area contributed by atoms with Crippen molar-refractivity contribution in [3.63, 3.8) is 0 Å². The first-order chi connectivity index (χ1) is 8.69. The minimum absolute atomic E-state index is 0.105. The molecule has 0 saturated carbocycles. The van der Waals surface area contributed by atoms with Crippen molar-refractivity contribution in [2.45, 2.75) is 11.3 Å². The van der Waals surface area contributed by atoms with E-state index in [2.05, 4.69) is 9.53 Å². The molecule has 0 aliphatic carbocycles. The number of Topliss-reactive ketones (excluding diaryl/α,β-unsaturated/α-hetero) is 1. The minimum Gasteiger partial charge on any atom is -0.460 e. The summed E-state index contributed by atoms with van der Waals surface area (Å²) in [5, 5.41) is 0. The molecule has 0 atom stereocenters. The number of nitrogens with zero attached hydrogens (tertiary/aromatic N) is 2. The molecule has 0 unspecified atom stereocenters. The monoisotopic (exact) mass is 264 g/mol. The molecule has 0 spiro atoms. The van der Waals surface area contributed by atoms with Crippen molar-refractivity contribution in [3.8, 4) is 0 Å². The Bertz CT molecular complexity index is 481. The van der Waals surface area contributed by atoms with E-state index in [4.69, 9.17) is 5.53 Å². The first kappa shape index (κ1) is 14.2. The van der Waals surface area contributed by atoms with Gasteiger partial charge in [-0.3, -0.25) is 4.79 Å². The fourth-order valence-corrected chi connectivity index (χ4v) is 2.08. The summed E-state index contributed by atoms with van der Waals surface area (Å²) < 4.78 is 4.33. The van der Waals surface area contributed by atoms with Crippen LogP contribution in [0.1, 0.15) is 6.42 Å². The van der Waals surface area contributed by atoms with E-state index >= 15 is 0 Å². The van der Waals surface area contributed by atoms with Crippen molar-refractivity contribution in [1.82, 2.24) is 0 Å². The van der Waals surface area contributed by atoms with Crippen molar-refractivity contribution < 1.29 is 19.1 Å². The third kappa shape index (κ3) is 4.16. The zero-order chi connectivity index (χ0) is 13.4. The maximum atomic E-state index is 11.6. The lowest BCUT2D eigenvalue weighted by atomic mass is 10.2. The Kier molecular flexibility index (Phi) is 5.84. The number of esters is 1. The molecule has 0 heterocycles. The van der Waals surface area contributed by atoms with Crippen LogP contribution in [0.2, 0.25) is 0 Å². The van der Waals surface area contributed by atoms with E-state index in [0.717, 1.165) is 12.0 Å². The van der Waals surface area contributed by atoms with Gasteiger partial charge in [0.15, 0.2) is 0 Å². The van der Waals surface area contributed by atoms with Gasteiger partial charge in [-0.1, -0.05) is 18.2 Å². The minimum atomic E-state index is -0.924. The van der Waals surface area contributed by atoms with Crippen molar-refractivity contribution >= 4 is 29.2 Å². The van der Waals surface area contributed by atoms with Crippen LogP contribution in [0.25, 0.3) is 5.53 Å². The summed E-state index contributed by atoms with van der Waals surface area (Å²) in [4.78, 5) is 26.3. The van der Waals surface area contributed by atoms with E-state index in [1.165, 1.54) is 11.8 Å². The van der Waals surface area contributed by atoms with E-state index in [9.17, 15) is 9.59 Å². The zero-order valence-electron chi connectivity index (χ0n) is 9.83. The Morgan fingerprint density at radius 2 is 2.00 bits per heavy atom. The van der Waals surface area contributed by atoms with Gasteiger partial charge in [0.2, 0.25) is 0 Å². The highest BCUT2D eigenvalue weighted by Crippen LogP contribution is 2.17. The standard InChI is InChI=1S/C12H12N2O3S/c1-17-12(16)11(14-13)10(15)7-8-18-9-5-3-2-4-6-9/h2-6H,7-8H2,1H3. The van der Waals surface area contributed by atoms with E-state index in [-0.39, 0.29) is 6.42 Å². The van der Waals surface area contributed by atoms with Gasteiger partial charge in [0.05, 0.1) is 7.11 Å². The molecule has 18 heavy (non-hydrogen) atoms.